The topological polar surface area (TPSA) is 100 Å². The van der Waals surface area contributed by atoms with Crippen molar-refractivity contribution in [2.75, 3.05) is 13.1 Å². The summed E-state index contributed by atoms with van der Waals surface area (Å²) in [5.41, 5.74) is 0.528. The average molecular weight is 332 g/mol. The predicted octanol–water partition coefficient (Wildman–Crippen LogP) is 0.767. The van der Waals surface area contributed by atoms with Crippen LogP contribution in [0, 0.1) is 0 Å². The first-order chi connectivity index (χ1) is 11.6. The fourth-order valence-electron chi connectivity index (χ4n) is 2.67. The van der Waals surface area contributed by atoms with E-state index in [1.54, 1.807) is 24.5 Å². The van der Waals surface area contributed by atoms with Crippen molar-refractivity contribution >= 4 is 17.7 Å². The molecule has 1 aromatic heterocycles. The van der Waals surface area contributed by atoms with E-state index in [4.69, 9.17) is 0 Å². The summed E-state index contributed by atoms with van der Waals surface area (Å²) in [6, 6.07) is 3.53. The maximum Gasteiger partial charge on any atom is 0.251 e. The number of nitrogens with zero attached hydrogens (tertiary/aromatic N) is 1. The van der Waals surface area contributed by atoms with Gasteiger partial charge in [0.15, 0.2) is 0 Å². The summed E-state index contributed by atoms with van der Waals surface area (Å²) in [5.74, 6) is -0.458. The van der Waals surface area contributed by atoms with Gasteiger partial charge in [0.1, 0.15) is 0 Å². The van der Waals surface area contributed by atoms with Gasteiger partial charge in [-0.1, -0.05) is 12.8 Å². The van der Waals surface area contributed by atoms with Gasteiger partial charge in [0.25, 0.3) is 5.91 Å². The number of hydrogen-bond donors (Lipinski definition) is 3. The number of pyridine rings is 1. The third kappa shape index (κ3) is 6.36. The highest BCUT2D eigenvalue weighted by molar-refractivity contribution is 5.94. The molecule has 1 heterocycles. The van der Waals surface area contributed by atoms with E-state index in [9.17, 15) is 14.4 Å². The van der Waals surface area contributed by atoms with Crippen LogP contribution in [-0.4, -0.2) is 41.8 Å². The first kappa shape index (κ1) is 17.9. The fraction of sp³-hybridized carbons (Fsp3) is 0.529. The molecule has 1 aliphatic carbocycles. The lowest BCUT2D eigenvalue weighted by Crippen LogP contribution is -2.36. The number of hydrogen-bond acceptors (Lipinski definition) is 4. The molecule has 1 fully saturated rings. The zero-order valence-corrected chi connectivity index (χ0v) is 13.7. The van der Waals surface area contributed by atoms with Crippen LogP contribution >= 0.6 is 0 Å². The zero-order chi connectivity index (χ0) is 17.2. The van der Waals surface area contributed by atoms with Crippen molar-refractivity contribution in [2.24, 2.45) is 0 Å². The molecule has 1 aliphatic rings. The summed E-state index contributed by atoms with van der Waals surface area (Å²) in [7, 11) is 0. The molecular formula is C17H24N4O3. The van der Waals surface area contributed by atoms with E-state index in [-0.39, 0.29) is 36.6 Å². The minimum Gasteiger partial charge on any atom is -0.354 e. The Kier molecular flexibility index (Phi) is 7.20. The Bertz CT molecular complexity index is 556. The van der Waals surface area contributed by atoms with E-state index < -0.39 is 0 Å². The summed E-state index contributed by atoms with van der Waals surface area (Å²) in [5, 5.41) is 8.35. The van der Waals surface area contributed by atoms with Crippen molar-refractivity contribution in [1.29, 1.82) is 0 Å². The van der Waals surface area contributed by atoms with Gasteiger partial charge in [-0.05, 0) is 25.0 Å². The summed E-state index contributed by atoms with van der Waals surface area (Å²) in [4.78, 5) is 39.0. The zero-order valence-electron chi connectivity index (χ0n) is 13.7. The van der Waals surface area contributed by atoms with Gasteiger partial charge in [0.05, 0.1) is 0 Å². The van der Waals surface area contributed by atoms with Crippen LogP contribution in [0.1, 0.15) is 48.9 Å². The Morgan fingerprint density at radius 2 is 1.58 bits per heavy atom. The van der Waals surface area contributed by atoms with Gasteiger partial charge in [-0.3, -0.25) is 19.4 Å². The average Bonchev–Trinajstić information content (AvgIpc) is 3.10. The van der Waals surface area contributed by atoms with Gasteiger partial charge in [-0.15, -0.1) is 0 Å². The van der Waals surface area contributed by atoms with E-state index in [0.29, 0.717) is 18.7 Å². The number of carbonyl (C=O) groups excluding carboxylic acids is 3. The van der Waals surface area contributed by atoms with Crippen LogP contribution < -0.4 is 16.0 Å². The second-order valence-corrected chi connectivity index (χ2v) is 5.89. The van der Waals surface area contributed by atoms with E-state index in [0.717, 1.165) is 25.7 Å². The SMILES string of the molecule is O=C(CCC(=O)NC1CCCC1)NCCNC(=O)c1ccncc1. The molecule has 130 valence electrons. The Labute approximate surface area is 141 Å². The van der Waals surface area contributed by atoms with Crippen molar-refractivity contribution in [3.05, 3.63) is 30.1 Å². The number of carbonyl (C=O) groups is 3. The highest BCUT2D eigenvalue weighted by Crippen LogP contribution is 2.17. The molecule has 7 nitrogen and oxygen atoms in total. The van der Waals surface area contributed by atoms with Crippen LogP contribution in [0.5, 0.6) is 0 Å². The molecule has 1 aromatic rings. The van der Waals surface area contributed by atoms with Crippen LogP contribution in [-0.2, 0) is 9.59 Å². The Morgan fingerprint density at radius 1 is 0.958 bits per heavy atom. The minimum absolute atomic E-state index is 0.0666. The van der Waals surface area contributed by atoms with Crippen molar-refractivity contribution < 1.29 is 14.4 Å². The molecule has 3 N–H and O–H groups in total. The van der Waals surface area contributed by atoms with Gasteiger partial charge in [-0.2, -0.15) is 0 Å². The van der Waals surface area contributed by atoms with Crippen molar-refractivity contribution in [1.82, 2.24) is 20.9 Å². The molecule has 0 saturated heterocycles. The van der Waals surface area contributed by atoms with Gasteiger partial charge in [0, 0.05) is 49.9 Å². The van der Waals surface area contributed by atoms with Crippen molar-refractivity contribution in [2.45, 2.75) is 44.6 Å². The van der Waals surface area contributed by atoms with E-state index >= 15 is 0 Å². The molecule has 0 aliphatic heterocycles. The summed E-state index contributed by atoms with van der Waals surface area (Å²) >= 11 is 0. The molecule has 2 rings (SSSR count). The van der Waals surface area contributed by atoms with Crippen molar-refractivity contribution in [3.8, 4) is 0 Å². The Balaban J connectivity index is 1.53. The highest BCUT2D eigenvalue weighted by Gasteiger charge is 2.17. The third-order valence-electron chi connectivity index (χ3n) is 3.97. The molecule has 0 spiro atoms. The first-order valence-electron chi connectivity index (χ1n) is 8.39. The molecule has 1 saturated carbocycles. The molecule has 7 heteroatoms. The van der Waals surface area contributed by atoms with E-state index in [2.05, 4.69) is 20.9 Å². The Hall–Kier alpha value is -2.44. The monoisotopic (exact) mass is 332 g/mol. The summed E-state index contributed by atoms with van der Waals surface area (Å²) in [6.45, 7) is 0.668. The van der Waals surface area contributed by atoms with Crippen molar-refractivity contribution in [3.63, 3.8) is 0 Å². The highest BCUT2D eigenvalue weighted by atomic mass is 16.2. The first-order valence-corrected chi connectivity index (χ1v) is 8.39. The number of rotatable bonds is 8. The molecule has 0 bridgehead atoms. The number of nitrogens with one attached hydrogen (secondary N) is 3. The molecular weight excluding hydrogens is 308 g/mol. The van der Waals surface area contributed by atoms with Gasteiger partial charge < -0.3 is 16.0 Å². The van der Waals surface area contributed by atoms with Crippen LogP contribution in [0.4, 0.5) is 0 Å². The lowest BCUT2D eigenvalue weighted by Gasteiger charge is -2.11. The fourth-order valence-corrected chi connectivity index (χ4v) is 2.67. The molecule has 0 radical (unpaired) electrons. The van der Waals surface area contributed by atoms with Crippen LogP contribution in [0.15, 0.2) is 24.5 Å². The quantitative estimate of drug-likeness (QED) is 0.612. The largest absolute Gasteiger partial charge is 0.354 e. The smallest absolute Gasteiger partial charge is 0.251 e. The third-order valence-corrected chi connectivity index (χ3v) is 3.97. The maximum absolute atomic E-state index is 11.8. The molecule has 24 heavy (non-hydrogen) atoms. The molecule has 0 aromatic carbocycles. The van der Waals surface area contributed by atoms with Crippen LogP contribution in [0.3, 0.4) is 0 Å². The Morgan fingerprint density at radius 3 is 2.29 bits per heavy atom. The molecule has 3 amide bonds. The van der Waals surface area contributed by atoms with Gasteiger partial charge >= 0.3 is 0 Å². The van der Waals surface area contributed by atoms with Gasteiger partial charge in [0.2, 0.25) is 11.8 Å². The molecule has 0 unspecified atom stereocenters. The normalized spacial score (nSPS) is 14.2. The van der Waals surface area contributed by atoms with Gasteiger partial charge in [-0.25, -0.2) is 0 Å². The number of amides is 3. The summed E-state index contributed by atoms with van der Waals surface area (Å²) in [6.07, 6.45) is 7.86. The second kappa shape index (κ2) is 9.64. The predicted molar refractivity (Wildman–Crippen MR) is 89.2 cm³/mol. The maximum atomic E-state index is 11.8. The molecule has 0 atom stereocenters. The van der Waals surface area contributed by atoms with E-state index in [1.165, 1.54) is 0 Å². The minimum atomic E-state index is -0.206. The van der Waals surface area contributed by atoms with Crippen LogP contribution in [0.2, 0.25) is 0 Å². The van der Waals surface area contributed by atoms with Crippen LogP contribution in [0.25, 0.3) is 0 Å². The lowest BCUT2D eigenvalue weighted by atomic mass is 10.2. The second-order valence-electron chi connectivity index (χ2n) is 5.89. The lowest BCUT2D eigenvalue weighted by molar-refractivity contribution is -0.126. The summed E-state index contributed by atoms with van der Waals surface area (Å²) < 4.78 is 0. The number of aromatic nitrogens is 1. The standard InChI is InChI=1S/C17H24N4O3/c22-15(5-6-16(23)21-14-3-1-2-4-14)19-11-12-20-17(24)13-7-9-18-10-8-13/h7-10,14H,1-6,11-12H2,(H,19,22)(H,20,24)(H,21,23). The van der Waals surface area contributed by atoms with E-state index in [1.807, 2.05) is 0 Å².